The number of aryl methyl sites for hydroxylation is 1. The zero-order chi connectivity index (χ0) is 13.4. The minimum absolute atomic E-state index is 0.470. The summed E-state index contributed by atoms with van der Waals surface area (Å²) in [5.41, 5.74) is 1.34. The minimum atomic E-state index is 0.470. The molecule has 0 saturated heterocycles. The number of halogens is 1. The van der Waals surface area contributed by atoms with E-state index in [0.29, 0.717) is 6.04 Å². The van der Waals surface area contributed by atoms with Gasteiger partial charge in [-0.05, 0) is 65.9 Å². The van der Waals surface area contributed by atoms with Gasteiger partial charge in [0.1, 0.15) is 0 Å². The van der Waals surface area contributed by atoms with Gasteiger partial charge in [-0.2, -0.15) is 5.10 Å². The summed E-state index contributed by atoms with van der Waals surface area (Å²) < 4.78 is 3.20. The second kappa shape index (κ2) is 5.57. The average molecular weight is 326 g/mol. The van der Waals surface area contributed by atoms with Crippen LogP contribution in [-0.2, 0) is 7.05 Å². The summed E-state index contributed by atoms with van der Waals surface area (Å²) in [5.74, 6) is 2.73. The maximum absolute atomic E-state index is 4.41. The molecular weight excluding hydrogens is 302 g/mol. The second-order valence-corrected chi connectivity index (χ2v) is 7.13. The standard InChI is InChI=1S/C15H24BrN3/c1-3-6-17-14(15-13(16)9-18-19(15)2)12-8-10-4-5-11(12)7-10/h9-12,14,17H,3-8H2,1-2H3. The van der Waals surface area contributed by atoms with Crippen LogP contribution in [0, 0.1) is 17.8 Å². The molecule has 4 heteroatoms. The Morgan fingerprint density at radius 2 is 2.32 bits per heavy atom. The Morgan fingerprint density at radius 1 is 1.47 bits per heavy atom. The van der Waals surface area contributed by atoms with E-state index >= 15 is 0 Å². The molecule has 0 spiro atoms. The smallest absolute Gasteiger partial charge is 0.0695 e. The lowest BCUT2D eigenvalue weighted by Crippen LogP contribution is -2.33. The van der Waals surface area contributed by atoms with Crippen LogP contribution in [0.15, 0.2) is 10.7 Å². The molecule has 3 rings (SSSR count). The lowest BCUT2D eigenvalue weighted by atomic mass is 9.82. The van der Waals surface area contributed by atoms with Crippen LogP contribution in [0.3, 0.4) is 0 Å². The zero-order valence-corrected chi connectivity index (χ0v) is 13.5. The minimum Gasteiger partial charge on any atom is -0.308 e. The molecule has 19 heavy (non-hydrogen) atoms. The Labute approximate surface area is 124 Å². The van der Waals surface area contributed by atoms with Gasteiger partial charge in [-0.25, -0.2) is 0 Å². The van der Waals surface area contributed by atoms with Gasteiger partial charge in [0.25, 0.3) is 0 Å². The predicted molar refractivity (Wildman–Crippen MR) is 80.9 cm³/mol. The van der Waals surface area contributed by atoms with Crippen LogP contribution >= 0.6 is 15.9 Å². The van der Waals surface area contributed by atoms with Crippen molar-refractivity contribution in [3.05, 3.63) is 16.4 Å². The quantitative estimate of drug-likeness (QED) is 0.895. The van der Waals surface area contributed by atoms with Crippen LogP contribution in [0.2, 0.25) is 0 Å². The van der Waals surface area contributed by atoms with Crippen molar-refractivity contribution in [1.29, 1.82) is 0 Å². The molecule has 2 fully saturated rings. The van der Waals surface area contributed by atoms with Gasteiger partial charge in [-0.15, -0.1) is 0 Å². The Hall–Kier alpha value is -0.350. The fourth-order valence-electron chi connectivity index (χ4n) is 4.22. The molecule has 4 atom stereocenters. The Morgan fingerprint density at radius 3 is 2.84 bits per heavy atom. The van der Waals surface area contributed by atoms with Gasteiger partial charge in [0.15, 0.2) is 0 Å². The SMILES string of the molecule is CCCNC(c1c(Br)cnn1C)C1CC2CCC1C2. The molecule has 1 aromatic rings. The number of rotatable bonds is 5. The van der Waals surface area contributed by atoms with E-state index in [2.05, 4.69) is 40.3 Å². The van der Waals surface area contributed by atoms with Gasteiger partial charge in [0.2, 0.25) is 0 Å². The fourth-order valence-corrected chi connectivity index (χ4v) is 4.82. The Balaban J connectivity index is 1.85. The van der Waals surface area contributed by atoms with Gasteiger partial charge in [0, 0.05) is 7.05 Å². The lowest BCUT2D eigenvalue weighted by molar-refractivity contribution is 0.242. The van der Waals surface area contributed by atoms with Crippen LogP contribution in [-0.4, -0.2) is 16.3 Å². The van der Waals surface area contributed by atoms with Crippen molar-refractivity contribution in [3.63, 3.8) is 0 Å². The highest BCUT2D eigenvalue weighted by molar-refractivity contribution is 9.10. The molecule has 1 heterocycles. The predicted octanol–water partition coefficient (Wildman–Crippen LogP) is 3.66. The summed E-state index contributed by atoms with van der Waals surface area (Å²) in [5, 5.41) is 8.20. The van der Waals surface area contributed by atoms with E-state index in [1.165, 1.54) is 37.8 Å². The summed E-state index contributed by atoms with van der Waals surface area (Å²) >= 11 is 3.69. The van der Waals surface area contributed by atoms with Crippen LogP contribution in [0.1, 0.15) is 50.8 Å². The molecular formula is C15H24BrN3. The number of hydrogen-bond donors (Lipinski definition) is 1. The average Bonchev–Trinajstić information content (AvgIpc) is 3.09. The van der Waals surface area contributed by atoms with Crippen LogP contribution in [0.5, 0.6) is 0 Å². The number of nitrogens with zero attached hydrogens (tertiary/aromatic N) is 2. The normalized spacial score (nSPS) is 31.0. The first-order chi connectivity index (χ1) is 9.20. The fraction of sp³-hybridized carbons (Fsp3) is 0.800. The third-order valence-corrected chi connectivity index (χ3v) is 5.68. The number of aromatic nitrogens is 2. The Bertz CT molecular complexity index is 423. The molecule has 4 unspecified atom stereocenters. The summed E-state index contributed by atoms with van der Waals surface area (Å²) in [7, 11) is 2.06. The van der Waals surface area contributed by atoms with Crippen molar-refractivity contribution in [2.45, 2.75) is 45.1 Å². The van der Waals surface area contributed by atoms with E-state index < -0.39 is 0 Å². The van der Waals surface area contributed by atoms with Crippen molar-refractivity contribution in [2.24, 2.45) is 24.8 Å². The van der Waals surface area contributed by atoms with Crippen LogP contribution in [0.25, 0.3) is 0 Å². The van der Waals surface area contributed by atoms with Gasteiger partial charge in [-0.3, -0.25) is 4.68 Å². The van der Waals surface area contributed by atoms with Crippen molar-refractivity contribution in [2.75, 3.05) is 6.54 Å². The molecule has 2 saturated carbocycles. The zero-order valence-electron chi connectivity index (χ0n) is 11.9. The van der Waals surface area contributed by atoms with E-state index in [1.807, 2.05) is 10.9 Å². The molecule has 2 aliphatic carbocycles. The monoisotopic (exact) mass is 325 g/mol. The van der Waals surface area contributed by atoms with Crippen molar-refractivity contribution < 1.29 is 0 Å². The van der Waals surface area contributed by atoms with Crippen molar-refractivity contribution in [3.8, 4) is 0 Å². The van der Waals surface area contributed by atoms with Crippen molar-refractivity contribution >= 4 is 15.9 Å². The summed E-state index contributed by atoms with van der Waals surface area (Å²) in [6.45, 7) is 3.33. The van der Waals surface area contributed by atoms with Gasteiger partial charge in [0.05, 0.1) is 22.4 Å². The molecule has 3 nitrogen and oxygen atoms in total. The maximum atomic E-state index is 4.41. The van der Waals surface area contributed by atoms with E-state index in [9.17, 15) is 0 Å². The number of fused-ring (bicyclic) bond motifs is 2. The molecule has 0 aromatic carbocycles. The van der Waals surface area contributed by atoms with Gasteiger partial charge < -0.3 is 5.32 Å². The number of hydrogen-bond acceptors (Lipinski definition) is 2. The highest BCUT2D eigenvalue weighted by Gasteiger charge is 2.44. The first-order valence-corrected chi connectivity index (χ1v) is 8.40. The largest absolute Gasteiger partial charge is 0.308 e. The molecule has 1 N–H and O–H groups in total. The van der Waals surface area contributed by atoms with Crippen LogP contribution < -0.4 is 5.32 Å². The van der Waals surface area contributed by atoms with E-state index in [4.69, 9.17) is 0 Å². The van der Waals surface area contributed by atoms with Gasteiger partial charge >= 0.3 is 0 Å². The first-order valence-electron chi connectivity index (χ1n) is 7.61. The van der Waals surface area contributed by atoms with E-state index in [1.54, 1.807) is 0 Å². The number of nitrogens with one attached hydrogen (secondary N) is 1. The van der Waals surface area contributed by atoms with Crippen LogP contribution in [0.4, 0.5) is 0 Å². The first kappa shape index (κ1) is 13.6. The molecule has 0 radical (unpaired) electrons. The highest BCUT2D eigenvalue weighted by atomic mass is 79.9. The van der Waals surface area contributed by atoms with Gasteiger partial charge in [-0.1, -0.05) is 13.3 Å². The molecule has 0 amide bonds. The third kappa shape index (κ3) is 2.49. The summed E-state index contributed by atoms with van der Waals surface area (Å²) in [6.07, 6.45) is 8.90. The molecule has 2 aliphatic rings. The van der Waals surface area contributed by atoms with Crippen molar-refractivity contribution in [1.82, 2.24) is 15.1 Å². The second-order valence-electron chi connectivity index (χ2n) is 6.27. The topological polar surface area (TPSA) is 29.9 Å². The Kier molecular flexibility index (Phi) is 3.99. The molecule has 1 aromatic heterocycles. The molecule has 0 aliphatic heterocycles. The van der Waals surface area contributed by atoms with E-state index in [0.717, 1.165) is 28.8 Å². The highest BCUT2D eigenvalue weighted by Crippen LogP contribution is 2.53. The lowest BCUT2D eigenvalue weighted by Gasteiger charge is -2.31. The molecule has 106 valence electrons. The molecule has 2 bridgehead atoms. The van der Waals surface area contributed by atoms with E-state index in [-0.39, 0.29) is 0 Å². The summed E-state index contributed by atoms with van der Waals surface area (Å²) in [4.78, 5) is 0. The summed E-state index contributed by atoms with van der Waals surface area (Å²) in [6, 6.07) is 0.470. The maximum Gasteiger partial charge on any atom is 0.0695 e. The third-order valence-electron chi connectivity index (χ3n) is 5.07.